The molecule has 0 saturated carbocycles. The molecule has 0 fully saturated rings. The lowest BCUT2D eigenvalue weighted by Crippen LogP contribution is -2.36. The lowest BCUT2D eigenvalue weighted by atomic mass is 9.86. The Kier molecular flexibility index (Phi) is 9.11. The number of benzene rings is 4. The van der Waals surface area contributed by atoms with Gasteiger partial charge < -0.3 is 20.4 Å². The lowest BCUT2D eigenvalue weighted by Gasteiger charge is -2.24. The van der Waals surface area contributed by atoms with Crippen molar-refractivity contribution < 1.29 is 30.0 Å². The van der Waals surface area contributed by atoms with Crippen LogP contribution in [0.5, 0.6) is 0 Å². The zero-order chi connectivity index (χ0) is 24.6. The highest BCUT2D eigenvalue weighted by atomic mass is 16.4. The highest BCUT2D eigenvalue weighted by molar-refractivity contribution is 5.84. The summed E-state index contributed by atoms with van der Waals surface area (Å²) < 4.78 is 0. The highest BCUT2D eigenvalue weighted by Gasteiger charge is 2.40. The molecule has 3 radical (unpaired) electrons. The van der Waals surface area contributed by atoms with Crippen LogP contribution in [0.4, 0.5) is 0 Å². The number of carboxylic acids is 2. The maximum Gasteiger partial charge on any atom is 0.345 e. The van der Waals surface area contributed by atoms with Crippen molar-refractivity contribution in [3.05, 3.63) is 144 Å². The fraction of sp³-hybridized carbons (Fsp3) is 0.0714. The third-order valence-electron chi connectivity index (χ3n) is 5.39. The van der Waals surface area contributed by atoms with Gasteiger partial charge in [0.15, 0.2) is 0 Å². The molecule has 0 bridgehead atoms. The number of carboxylic acid groups (broad SMARTS) is 2. The summed E-state index contributed by atoms with van der Waals surface area (Å²) in [5, 5.41) is 39.4. The summed E-state index contributed by atoms with van der Waals surface area (Å²) in [6, 6.07) is 33.5. The SMILES string of the molecule is O=C(O)C(O)(c1ccccc1)c1ccccc1.O=C(O)C(O)(c1ccccc1)c1ccccc1.[B]. The second-order valence-electron chi connectivity index (χ2n) is 7.50. The fourth-order valence-corrected chi connectivity index (χ4v) is 3.54. The van der Waals surface area contributed by atoms with Crippen molar-refractivity contribution in [1.82, 2.24) is 0 Å². The minimum atomic E-state index is -2.00. The van der Waals surface area contributed by atoms with Crippen LogP contribution in [0.1, 0.15) is 22.3 Å². The standard InChI is InChI=1S/2C14H12O3.B/c2*15-13(16)14(17,11-7-3-1-4-8-11)12-9-5-2-6-10-12;/h2*1-10,17H,(H,15,16);. The molecule has 0 aliphatic carbocycles. The van der Waals surface area contributed by atoms with Crippen molar-refractivity contribution in [3.63, 3.8) is 0 Å². The van der Waals surface area contributed by atoms with Gasteiger partial charge in [0.2, 0.25) is 11.2 Å². The Bertz CT molecular complexity index is 1040. The van der Waals surface area contributed by atoms with Crippen molar-refractivity contribution in [2.45, 2.75) is 11.2 Å². The van der Waals surface area contributed by atoms with E-state index in [1.807, 2.05) is 0 Å². The largest absolute Gasteiger partial charge is 0.479 e. The smallest absolute Gasteiger partial charge is 0.345 e. The highest BCUT2D eigenvalue weighted by Crippen LogP contribution is 2.30. The van der Waals surface area contributed by atoms with Gasteiger partial charge in [0.25, 0.3) is 0 Å². The Morgan fingerprint density at radius 2 is 0.600 bits per heavy atom. The predicted octanol–water partition coefficient (Wildman–Crippen LogP) is 3.63. The number of aliphatic carboxylic acids is 2. The summed E-state index contributed by atoms with van der Waals surface area (Å²) in [5.41, 5.74) is -2.61. The molecular weight excluding hydrogens is 443 g/mol. The fourth-order valence-electron chi connectivity index (χ4n) is 3.54. The van der Waals surface area contributed by atoms with Gasteiger partial charge in [0, 0.05) is 8.41 Å². The average Bonchev–Trinajstić information content (AvgIpc) is 2.90. The van der Waals surface area contributed by atoms with Crippen molar-refractivity contribution in [2.24, 2.45) is 0 Å². The molecule has 35 heavy (non-hydrogen) atoms. The van der Waals surface area contributed by atoms with Crippen molar-refractivity contribution in [3.8, 4) is 0 Å². The van der Waals surface area contributed by atoms with Crippen LogP contribution in [0, 0.1) is 0 Å². The molecule has 175 valence electrons. The first kappa shape index (κ1) is 27.1. The van der Waals surface area contributed by atoms with Gasteiger partial charge in [-0.05, 0) is 22.3 Å². The number of rotatable bonds is 6. The first-order valence-electron chi connectivity index (χ1n) is 10.4. The van der Waals surface area contributed by atoms with Crippen LogP contribution in [0.3, 0.4) is 0 Å². The van der Waals surface area contributed by atoms with Crippen molar-refractivity contribution >= 4 is 20.4 Å². The van der Waals surface area contributed by atoms with E-state index in [1.165, 1.54) is 0 Å². The molecule has 4 rings (SSSR count). The summed E-state index contributed by atoms with van der Waals surface area (Å²) in [6.45, 7) is 0. The van der Waals surface area contributed by atoms with Gasteiger partial charge in [-0.2, -0.15) is 0 Å². The minimum Gasteiger partial charge on any atom is -0.479 e. The second kappa shape index (κ2) is 11.8. The predicted molar refractivity (Wildman–Crippen MR) is 133 cm³/mol. The first-order valence-corrected chi connectivity index (χ1v) is 10.4. The maximum atomic E-state index is 11.4. The molecule has 0 aliphatic heterocycles. The summed E-state index contributed by atoms with van der Waals surface area (Å²) in [4.78, 5) is 22.7. The number of aliphatic hydroxyl groups is 2. The van der Waals surface area contributed by atoms with Crippen molar-refractivity contribution in [2.75, 3.05) is 0 Å². The lowest BCUT2D eigenvalue weighted by molar-refractivity contribution is -0.155. The number of hydrogen-bond donors (Lipinski definition) is 4. The van der Waals surface area contributed by atoms with Crippen molar-refractivity contribution in [1.29, 1.82) is 0 Å². The second-order valence-corrected chi connectivity index (χ2v) is 7.50. The third-order valence-corrected chi connectivity index (χ3v) is 5.39. The topological polar surface area (TPSA) is 115 Å². The van der Waals surface area contributed by atoms with Gasteiger partial charge in [0.1, 0.15) is 0 Å². The van der Waals surface area contributed by atoms with Gasteiger partial charge in [-0.3, -0.25) is 0 Å². The van der Waals surface area contributed by atoms with E-state index in [4.69, 9.17) is 0 Å². The van der Waals surface area contributed by atoms with Crippen LogP contribution in [0.25, 0.3) is 0 Å². The van der Waals surface area contributed by atoms with E-state index in [0.29, 0.717) is 22.3 Å². The zero-order valence-electron chi connectivity index (χ0n) is 18.7. The van der Waals surface area contributed by atoms with E-state index in [9.17, 15) is 30.0 Å². The van der Waals surface area contributed by atoms with Gasteiger partial charge in [0.05, 0.1) is 0 Å². The molecular formula is C28H24BO6. The number of carbonyl (C=O) groups is 2. The third kappa shape index (κ3) is 5.66. The summed E-state index contributed by atoms with van der Waals surface area (Å²) >= 11 is 0. The molecule has 0 atom stereocenters. The van der Waals surface area contributed by atoms with Crippen LogP contribution < -0.4 is 0 Å². The van der Waals surface area contributed by atoms with E-state index < -0.39 is 23.1 Å². The maximum absolute atomic E-state index is 11.4. The molecule has 0 amide bonds. The minimum absolute atomic E-state index is 0. The Balaban J connectivity index is 0.000000240. The molecule has 0 saturated heterocycles. The molecule has 0 aliphatic rings. The van der Waals surface area contributed by atoms with Crippen LogP contribution in [0.2, 0.25) is 0 Å². The Morgan fingerprint density at radius 1 is 0.429 bits per heavy atom. The Hall–Kier alpha value is -4.20. The Labute approximate surface area is 205 Å². The van der Waals surface area contributed by atoms with Gasteiger partial charge in [-0.1, -0.05) is 121 Å². The normalized spacial score (nSPS) is 10.8. The Morgan fingerprint density at radius 3 is 0.743 bits per heavy atom. The quantitative estimate of drug-likeness (QED) is 0.322. The van der Waals surface area contributed by atoms with Gasteiger partial charge in [-0.25, -0.2) is 9.59 Å². The first-order chi connectivity index (χ1) is 16.3. The molecule has 7 heteroatoms. The van der Waals surface area contributed by atoms with Gasteiger partial charge in [-0.15, -0.1) is 0 Å². The van der Waals surface area contributed by atoms with E-state index >= 15 is 0 Å². The molecule has 6 nitrogen and oxygen atoms in total. The summed E-state index contributed by atoms with van der Waals surface area (Å²) in [5.74, 6) is -2.56. The molecule has 0 unspecified atom stereocenters. The molecule has 4 N–H and O–H groups in total. The monoisotopic (exact) mass is 467 g/mol. The van der Waals surface area contributed by atoms with Crippen LogP contribution >= 0.6 is 0 Å². The molecule has 0 aromatic heterocycles. The van der Waals surface area contributed by atoms with Crippen LogP contribution in [-0.4, -0.2) is 40.8 Å². The molecule has 4 aromatic carbocycles. The van der Waals surface area contributed by atoms with E-state index in [2.05, 4.69) is 0 Å². The number of hydrogen-bond acceptors (Lipinski definition) is 4. The van der Waals surface area contributed by atoms with E-state index in [0.717, 1.165) is 0 Å². The van der Waals surface area contributed by atoms with E-state index in [1.54, 1.807) is 121 Å². The molecule has 4 aromatic rings. The van der Waals surface area contributed by atoms with Crippen LogP contribution in [-0.2, 0) is 20.8 Å². The molecule has 0 heterocycles. The zero-order valence-corrected chi connectivity index (χ0v) is 18.7. The average molecular weight is 467 g/mol. The molecule has 0 spiro atoms. The van der Waals surface area contributed by atoms with E-state index in [-0.39, 0.29) is 8.41 Å². The summed E-state index contributed by atoms with van der Waals surface area (Å²) in [7, 11) is 0. The van der Waals surface area contributed by atoms with Gasteiger partial charge >= 0.3 is 11.9 Å². The van der Waals surface area contributed by atoms with Crippen LogP contribution in [0.15, 0.2) is 121 Å². The summed E-state index contributed by atoms with van der Waals surface area (Å²) in [6.07, 6.45) is 0.